The molecule has 1 aliphatic carbocycles. The minimum atomic E-state index is -0.980. The molecule has 2 amide bonds. The first-order valence-corrected chi connectivity index (χ1v) is 15.3. The summed E-state index contributed by atoms with van der Waals surface area (Å²) in [6.07, 6.45) is 5.70. The molecule has 7 nitrogen and oxygen atoms in total. The fourth-order valence-electron chi connectivity index (χ4n) is 6.39. The Morgan fingerprint density at radius 3 is 2.40 bits per heavy atom. The third-order valence-electron chi connectivity index (χ3n) is 9.18. The van der Waals surface area contributed by atoms with Gasteiger partial charge in [0.1, 0.15) is 17.2 Å². The first-order chi connectivity index (χ1) is 19.9. The zero-order valence-corrected chi connectivity index (χ0v) is 25.6. The molecule has 1 spiro atoms. The van der Waals surface area contributed by atoms with E-state index in [9.17, 15) is 18.8 Å². The van der Waals surface area contributed by atoms with E-state index in [4.69, 9.17) is 21.7 Å². The van der Waals surface area contributed by atoms with Crippen molar-refractivity contribution in [2.45, 2.75) is 90.8 Å². The highest BCUT2D eigenvalue weighted by atomic mass is 35.5. The van der Waals surface area contributed by atoms with E-state index >= 15 is 0 Å². The maximum Gasteiger partial charge on any atom is 0.305 e. The molecule has 0 radical (unpaired) electrons. The summed E-state index contributed by atoms with van der Waals surface area (Å²) >= 11 is 6.19. The number of hydrogen-bond acceptors (Lipinski definition) is 4. The van der Waals surface area contributed by atoms with E-state index in [0.29, 0.717) is 36.3 Å². The highest BCUT2D eigenvalue weighted by Crippen LogP contribution is 2.50. The molecule has 4 rings (SSSR count). The summed E-state index contributed by atoms with van der Waals surface area (Å²) in [6, 6.07) is 11.0. The summed E-state index contributed by atoms with van der Waals surface area (Å²) in [5.74, 6) is -1.58. The van der Waals surface area contributed by atoms with Crippen molar-refractivity contribution in [2.75, 3.05) is 6.54 Å². The normalized spacial score (nSPS) is 21.4. The van der Waals surface area contributed by atoms with E-state index < -0.39 is 17.4 Å². The van der Waals surface area contributed by atoms with Crippen LogP contribution in [0.2, 0.25) is 5.02 Å². The molecule has 1 heterocycles. The highest BCUT2D eigenvalue weighted by Gasteiger charge is 2.52. The smallest absolute Gasteiger partial charge is 0.305 e. The number of nitrogens with one attached hydrogen (secondary N) is 1. The lowest BCUT2D eigenvalue weighted by molar-refractivity contribution is -0.137. The summed E-state index contributed by atoms with van der Waals surface area (Å²) in [7, 11) is 0. The lowest BCUT2D eigenvalue weighted by Gasteiger charge is -2.48. The Kier molecular flexibility index (Phi) is 9.76. The van der Waals surface area contributed by atoms with Crippen LogP contribution in [0.4, 0.5) is 4.39 Å². The van der Waals surface area contributed by atoms with Crippen molar-refractivity contribution < 1.29 is 23.9 Å². The number of halogens is 2. The molecular formula is C33H41ClFN3O4. The summed E-state index contributed by atoms with van der Waals surface area (Å²) in [6.45, 7) is 8.93. The fraction of sp³-hybridized carbons (Fsp3) is 0.515. The molecule has 2 aliphatic rings. The van der Waals surface area contributed by atoms with E-state index in [2.05, 4.69) is 33.0 Å². The van der Waals surface area contributed by atoms with Crippen LogP contribution in [0.5, 0.6) is 0 Å². The zero-order chi connectivity index (χ0) is 30.7. The molecule has 1 atom stereocenters. The van der Waals surface area contributed by atoms with Crippen molar-refractivity contribution >= 4 is 35.1 Å². The second-order valence-corrected chi connectivity index (χ2v) is 12.7. The number of aliphatic carboxylic acids is 1. The van der Waals surface area contributed by atoms with Crippen LogP contribution < -0.4 is 5.32 Å². The van der Waals surface area contributed by atoms with Crippen molar-refractivity contribution in [1.29, 1.82) is 0 Å². The van der Waals surface area contributed by atoms with E-state index in [1.165, 1.54) is 12.1 Å². The molecule has 226 valence electrons. The Morgan fingerprint density at radius 1 is 1.17 bits per heavy atom. The van der Waals surface area contributed by atoms with Crippen molar-refractivity contribution in [3.05, 3.63) is 70.0 Å². The van der Waals surface area contributed by atoms with E-state index in [1.807, 2.05) is 17.0 Å². The SMILES string of the molecule is CCC[C@H](c1ccc(C(=O)NCCC(=O)O)cc1)N1C(=O)C(c2cc(F)cc(Cl)c2)=NC12CCC(C(C)(C)CC)CC2. The average Bonchev–Trinajstić information content (AvgIpc) is 3.22. The van der Waals surface area contributed by atoms with E-state index in [-0.39, 0.29) is 47.0 Å². The summed E-state index contributed by atoms with van der Waals surface area (Å²) in [4.78, 5) is 44.7. The minimum Gasteiger partial charge on any atom is -0.481 e. The zero-order valence-electron chi connectivity index (χ0n) is 24.9. The number of hydrogen-bond donors (Lipinski definition) is 2. The van der Waals surface area contributed by atoms with Crippen LogP contribution >= 0.6 is 11.6 Å². The van der Waals surface area contributed by atoms with Crippen molar-refractivity contribution in [3.63, 3.8) is 0 Å². The lowest BCUT2D eigenvalue weighted by Crippen LogP contribution is -2.51. The van der Waals surface area contributed by atoms with Gasteiger partial charge in [0, 0.05) is 22.7 Å². The molecule has 2 aromatic rings. The second-order valence-electron chi connectivity index (χ2n) is 12.2. The summed E-state index contributed by atoms with van der Waals surface area (Å²) in [5.41, 5.74) is 1.35. The Labute approximate surface area is 252 Å². The molecule has 1 aliphatic heterocycles. The molecule has 42 heavy (non-hydrogen) atoms. The van der Waals surface area contributed by atoms with Gasteiger partial charge in [0.15, 0.2) is 0 Å². The molecule has 0 saturated heterocycles. The first kappa shape index (κ1) is 31.7. The summed E-state index contributed by atoms with van der Waals surface area (Å²) < 4.78 is 14.4. The number of carbonyl (C=O) groups excluding carboxylic acids is 2. The van der Waals surface area contributed by atoms with E-state index in [1.54, 1.807) is 18.2 Å². The van der Waals surface area contributed by atoms with Crippen molar-refractivity contribution in [3.8, 4) is 0 Å². The first-order valence-electron chi connectivity index (χ1n) is 14.9. The van der Waals surface area contributed by atoms with Crippen LogP contribution in [0, 0.1) is 17.2 Å². The maximum atomic E-state index is 14.4. The fourth-order valence-corrected chi connectivity index (χ4v) is 6.61. The Morgan fingerprint density at radius 2 is 1.83 bits per heavy atom. The Balaban J connectivity index is 1.69. The molecule has 2 aromatic carbocycles. The third kappa shape index (κ3) is 6.69. The number of carboxylic acids is 1. The van der Waals surface area contributed by atoms with Crippen LogP contribution in [0.25, 0.3) is 0 Å². The van der Waals surface area contributed by atoms with E-state index in [0.717, 1.165) is 31.2 Å². The highest BCUT2D eigenvalue weighted by molar-refractivity contribution is 6.47. The molecule has 0 bridgehead atoms. The van der Waals surface area contributed by atoms with Gasteiger partial charge in [-0.05, 0) is 79.3 Å². The van der Waals surface area contributed by atoms with Crippen LogP contribution in [0.3, 0.4) is 0 Å². The number of carbonyl (C=O) groups is 3. The molecule has 0 unspecified atom stereocenters. The van der Waals surface area contributed by atoms with Crippen LogP contribution in [-0.4, -0.2) is 45.7 Å². The standard InChI is InChI=1S/C33H41ClFN3O4/c1-5-7-27(21-8-10-22(11-9-21)30(41)36-17-14-28(39)40)38-31(42)29(23-18-25(34)20-26(35)19-23)37-33(38)15-12-24(13-16-33)32(3,4)6-2/h8-11,18-20,24,27H,5-7,12-17H2,1-4H3,(H,36,41)(H,39,40)/t24?,27-,33?/m1/s1. The molecular weight excluding hydrogens is 557 g/mol. The monoisotopic (exact) mass is 597 g/mol. The average molecular weight is 598 g/mol. The van der Waals surface area contributed by atoms with Gasteiger partial charge in [0.05, 0.1) is 12.5 Å². The molecule has 0 aromatic heterocycles. The molecule has 9 heteroatoms. The van der Waals surface area contributed by atoms with Gasteiger partial charge in [-0.2, -0.15) is 0 Å². The maximum absolute atomic E-state index is 14.4. The molecule has 2 N–H and O–H groups in total. The number of carboxylic acid groups (broad SMARTS) is 1. The third-order valence-corrected chi connectivity index (χ3v) is 9.40. The van der Waals surface area contributed by atoms with Gasteiger partial charge >= 0.3 is 5.97 Å². The van der Waals surface area contributed by atoms with Gasteiger partial charge in [-0.1, -0.05) is 64.3 Å². The number of amides is 2. The lowest BCUT2D eigenvalue weighted by atomic mass is 9.67. The van der Waals surface area contributed by atoms with Gasteiger partial charge in [0.2, 0.25) is 0 Å². The Hall–Kier alpha value is -3.26. The van der Waals surface area contributed by atoms with Crippen LogP contribution in [0.1, 0.15) is 107 Å². The Bertz CT molecular complexity index is 1330. The van der Waals surface area contributed by atoms with Crippen molar-refractivity contribution in [1.82, 2.24) is 10.2 Å². The van der Waals surface area contributed by atoms with Gasteiger partial charge in [-0.25, -0.2) is 4.39 Å². The predicted molar refractivity (Wildman–Crippen MR) is 162 cm³/mol. The largest absolute Gasteiger partial charge is 0.481 e. The van der Waals surface area contributed by atoms with Crippen LogP contribution in [-0.2, 0) is 9.59 Å². The van der Waals surface area contributed by atoms with Crippen LogP contribution in [0.15, 0.2) is 47.5 Å². The van der Waals surface area contributed by atoms with Gasteiger partial charge < -0.3 is 15.3 Å². The minimum absolute atomic E-state index is 0.0409. The van der Waals surface area contributed by atoms with Gasteiger partial charge in [-0.15, -0.1) is 0 Å². The number of benzene rings is 2. The second kappa shape index (κ2) is 12.9. The summed E-state index contributed by atoms with van der Waals surface area (Å²) in [5, 5.41) is 11.7. The van der Waals surface area contributed by atoms with Crippen molar-refractivity contribution in [2.24, 2.45) is 16.3 Å². The number of nitrogens with zero attached hydrogens (tertiary/aromatic N) is 2. The predicted octanol–water partition coefficient (Wildman–Crippen LogP) is 7.18. The topological polar surface area (TPSA) is 99.1 Å². The molecule has 1 fully saturated rings. The molecule has 1 saturated carbocycles. The number of aliphatic imine (C=N–C) groups is 1. The van der Waals surface area contributed by atoms with Gasteiger partial charge in [-0.3, -0.25) is 19.4 Å². The quantitative estimate of drug-likeness (QED) is 0.287. The van der Waals surface area contributed by atoms with Gasteiger partial charge in [0.25, 0.3) is 11.8 Å². The number of rotatable bonds is 11.